The highest BCUT2D eigenvalue weighted by molar-refractivity contribution is 7.80. The predicted octanol–water partition coefficient (Wildman–Crippen LogP) is 1.57. The van der Waals surface area contributed by atoms with Gasteiger partial charge in [-0.1, -0.05) is 6.08 Å². The Balaban J connectivity index is 2.09. The van der Waals surface area contributed by atoms with Crippen molar-refractivity contribution >= 4 is 39.6 Å². The Morgan fingerprint density at radius 2 is 2.56 bits per heavy atom. The van der Waals surface area contributed by atoms with Crippen molar-refractivity contribution in [2.45, 2.75) is 6.92 Å². The molecule has 2 aromatic rings. The topological polar surface area (TPSA) is 54.2 Å². The molecule has 84 valence electrons. The molecule has 0 saturated heterocycles. The van der Waals surface area contributed by atoms with Crippen LogP contribution in [0.15, 0.2) is 18.0 Å². The molecular formula is C9H11N5S2. The lowest BCUT2D eigenvalue weighted by Crippen LogP contribution is -2.28. The van der Waals surface area contributed by atoms with E-state index in [1.54, 1.807) is 21.9 Å². The zero-order valence-electron chi connectivity index (χ0n) is 8.73. The molecule has 0 aliphatic carbocycles. The monoisotopic (exact) mass is 253 g/mol. The first-order valence-electron chi connectivity index (χ1n) is 4.67. The van der Waals surface area contributed by atoms with Crippen molar-refractivity contribution < 1.29 is 0 Å². The lowest BCUT2D eigenvalue weighted by atomic mass is 10.6. The molecule has 0 saturated carbocycles. The maximum absolute atomic E-state index is 5.06. The molecule has 0 unspecified atom stereocenters. The van der Waals surface area contributed by atoms with Crippen LogP contribution in [0.1, 0.15) is 5.69 Å². The lowest BCUT2D eigenvalue weighted by molar-refractivity contribution is 0.935. The number of aryl methyl sites for hydroxylation is 1. The molecule has 7 heteroatoms. The normalized spacial score (nSPS) is 10.3. The fourth-order valence-corrected chi connectivity index (χ4v) is 2.13. The molecule has 2 rings (SSSR count). The maximum atomic E-state index is 5.06. The summed E-state index contributed by atoms with van der Waals surface area (Å²) < 4.78 is 1.78. The minimum atomic E-state index is 0.496. The number of rotatable bonds is 3. The molecule has 0 atom stereocenters. The molecule has 0 amide bonds. The van der Waals surface area contributed by atoms with Crippen LogP contribution >= 0.6 is 23.6 Å². The van der Waals surface area contributed by atoms with Crippen LogP contribution in [0.4, 0.5) is 5.95 Å². The second kappa shape index (κ2) is 4.58. The Bertz CT molecular complexity index is 527. The molecule has 5 nitrogen and oxygen atoms in total. The third-order valence-corrected chi connectivity index (χ3v) is 3.06. The van der Waals surface area contributed by atoms with E-state index in [0.29, 0.717) is 17.6 Å². The van der Waals surface area contributed by atoms with Crippen molar-refractivity contribution in [2.24, 2.45) is 0 Å². The molecular weight excluding hydrogens is 242 g/mol. The minimum absolute atomic E-state index is 0.496. The Labute approximate surface area is 102 Å². The van der Waals surface area contributed by atoms with Crippen molar-refractivity contribution in [3.8, 4) is 0 Å². The van der Waals surface area contributed by atoms with Crippen molar-refractivity contribution in [1.82, 2.24) is 19.9 Å². The molecule has 0 aliphatic rings. The standard InChI is InChI=1S/C9H11N5S2/c1-3-4-10-8(15)11-7-12-9-14(13-7)6(2)5-16-9/h3,5H,1,4H2,2H3,(H2,10,11,13,15). The van der Waals surface area contributed by atoms with E-state index in [1.807, 2.05) is 12.3 Å². The number of hydrogen-bond donors (Lipinski definition) is 2. The van der Waals surface area contributed by atoms with Crippen LogP contribution in [0.5, 0.6) is 0 Å². The number of anilines is 1. The Kier molecular flexibility index (Phi) is 3.16. The van der Waals surface area contributed by atoms with E-state index in [9.17, 15) is 0 Å². The lowest BCUT2D eigenvalue weighted by Gasteiger charge is -2.03. The minimum Gasteiger partial charge on any atom is -0.359 e. The molecule has 0 radical (unpaired) electrons. The first-order chi connectivity index (χ1) is 7.70. The summed E-state index contributed by atoms with van der Waals surface area (Å²) in [6.45, 7) is 6.19. The van der Waals surface area contributed by atoms with Crippen LogP contribution in [0.2, 0.25) is 0 Å². The van der Waals surface area contributed by atoms with Crippen LogP contribution in [0, 0.1) is 6.92 Å². The van der Waals surface area contributed by atoms with Crippen molar-refractivity contribution in [3.63, 3.8) is 0 Å². The molecule has 16 heavy (non-hydrogen) atoms. The van der Waals surface area contributed by atoms with Crippen LogP contribution in [-0.4, -0.2) is 26.3 Å². The van der Waals surface area contributed by atoms with Crippen molar-refractivity contribution in [2.75, 3.05) is 11.9 Å². The number of nitrogens with one attached hydrogen (secondary N) is 2. The zero-order chi connectivity index (χ0) is 11.5. The highest BCUT2D eigenvalue weighted by atomic mass is 32.1. The van der Waals surface area contributed by atoms with E-state index in [-0.39, 0.29) is 0 Å². The van der Waals surface area contributed by atoms with Gasteiger partial charge in [-0.25, -0.2) is 4.52 Å². The van der Waals surface area contributed by atoms with Gasteiger partial charge in [0.25, 0.3) is 0 Å². The number of aromatic nitrogens is 3. The Morgan fingerprint density at radius 1 is 1.75 bits per heavy atom. The summed E-state index contributed by atoms with van der Waals surface area (Å²) in [5.74, 6) is 0.511. The van der Waals surface area contributed by atoms with Crippen LogP contribution in [-0.2, 0) is 0 Å². The molecule has 0 aliphatic heterocycles. The van der Waals surface area contributed by atoms with Crippen LogP contribution in [0.25, 0.3) is 4.96 Å². The van der Waals surface area contributed by atoms with Gasteiger partial charge in [-0.15, -0.1) is 23.0 Å². The largest absolute Gasteiger partial charge is 0.359 e. The summed E-state index contributed by atoms with van der Waals surface area (Å²) in [5.41, 5.74) is 1.06. The smallest absolute Gasteiger partial charge is 0.250 e. The Hall–Kier alpha value is -1.47. The summed E-state index contributed by atoms with van der Waals surface area (Å²) in [5, 5.41) is 12.6. The van der Waals surface area contributed by atoms with Gasteiger partial charge in [0, 0.05) is 11.9 Å². The summed E-state index contributed by atoms with van der Waals surface area (Å²) in [4.78, 5) is 5.14. The Morgan fingerprint density at radius 3 is 3.25 bits per heavy atom. The van der Waals surface area contributed by atoms with Crippen molar-refractivity contribution in [1.29, 1.82) is 0 Å². The quantitative estimate of drug-likeness (QED) is 0.642. The van der Waals surface area contributed by atoms with Gasteiger partial charge in [-0.2, -0.15) is 4.98 Å². The van der Waals surface area contributed by atoms with Gasteiger partial charge in [0.2, 0.25) is 10.9 Å². The summed E-state index contributed by atoms with van der Waals surface area (Å²) in [6.07, 6.45) is 1.73. The van der Waals surface area contributed by atoms with Gasteiger partial charge in [0.05, 0.1) is 5.69 Å². The molecule has 2 N–H and O–H groups in total. The average molecular weight is 253 g/mol. The third-order valence-electron chi connectivity index (χ3n) is 1.88. The van der Waals surface area contributed by atoms with Crippen LogP contribution < -0.4 is 10.6 Å². The molecule has 0 spiro atoms. The second-order valence-corrected chi connectivity index (χ2v) is 4.38. The number of thiocarbonyl (C=S) groups is 1. The zero-order valence-corrected chi connectivity index (χ0v) is 10.4. The van der Waals surface area contributed by atoms with Crippen LogP contribution in [0.3, 0.4) is 0 Å². The highest BCUT2D eigenvalue weighted by Gasteiger charge is 2.07. The number of nitrogens with zero attached hydrogens (tertiary/aromatic N) is 3. The summed E-state index contributed by atoms with van der Waals surface area (Å²) in [6, 6.07) is 0. The molecule has 0 aromatic carbocycles. The summed E-state index contributed by atoms with van der Waals surface area (Å²) >= 11 is 6.61. The molecule has 0 bridgehead atoms. The van der Waals surface area contributed by atoms with E-state index in [1.165, 1.54) is 0 Å². The van der Waals surface area contributed by atoms with Gasteiger partial charge in [-0.05, 0) is 19.1 Å². The van der Waals surface area contributed by atoms with Gasteiger partial charge < -0.3 is 5.32 Å². The first kappa shape index (κ1) is 11.0. The van der Waals surface area contributed by atoms with E-state index in [4.69, 9.17) is 12.2 Å². The number of fused-ring (bicyclic) bond motifs is 1. The molecule has 0 fully saturated rings. The SMILES string of the molecule is C=CCNC(=S)Nc1nc2scc(C)n2n1. The second-order valence-electron chi connectivity index (χ2n) is 3.13. The summed E-state index contributed by atoms with van der Waals surface area (Å²) in [7, 11) is 0. The fraction of sp³-hybridized carbons (Fsp3) is 0.222. The molecule has 2 aromatic heterocycles. The highest BCUT2D eigenvalue weighted by Crippen LogP contribution is 2.14. The predicted molar refractivity (Wildman–Crippen MR) is 70.0 cm³/mol. The average Bonchev–Trinajstić information content (AvgIpc) is 2.78. The van der Waals surface area contributed by atoms with Gasteiger partial charge >= 0.3 is 0 Å². The maximum Gasteiger partial charge on any atom is 0.250 e. The van der Waals surface area contributed by atoms with E-state index in [0.717, 1.165) is 10.7 Å². The van der Waals surface area contributed by atoms with Gasteiger partial charge in [0.15, 0.2) is 5.11 Å². The fourth-order valence-electron chi connectivity index (χ4n) is 1.16. The van der Waals surface area contributed by atoms with Gasteiger partial charge in [0.1, 0.15) is 0 Å². The number of hydrogen-bond acceptors (Lipinski definition) is 4. The molecule has 2 heterocycles. The number of thiazole rings is 1. The van der Waals surface area contributed by atoms with Crippen molar-refractivity contribution in [3.05, 3.63) is 23.7 Å². The third kappa shape index (κ3) is 2.20. The van der Waals surface area contributed by atoms with E-state index >= 15 is 0 Å². The first-order valence-corrected chi connectivity index (χ1v) is 5.96. The van der Waals surface area contributed by atoms with E-state index < -0.39 is 0 Å². The van der Waals surface area contributed by atoms with E-state index in [2.05, 4.69) is 27.3 Å². The van der Waals surface area contributed by atoms with Gasteiger partial charge in [-0.3, -0.25) is 5.32 Å².